The molecule has 9 nitrogen and oxygen atoms in total. The fraction of sp³-hybridized carbons (Fsp3) is 0.316. The number of nitrogens with zero attached hydrogens (tertiary/aromatic N) is 3. The van der Waals surface area contributed by atoms with Crippen LogP contribution in [0.25, 0.3) is 0 Å². The number of aromatic nitrogens is 2. The van der Waals surface area contributed by atoms with Crippen LogP contribution in [0.4, 0.5) is 0 Å². The monoisotopic (exact) mass is 385 g/mol. The molecule has 1 aliphatic heterocycles. The zero-order valence-electron chi connectivity index (χ0n) is 15.5. The largest absolute Gasteiger partial charge is 0.458 e. The van der Waals surface area contributed by atoms with Crippen molar-refractivity contribution in [2.75, 3.05) is 6.54 Å². The summed E-state index contributed by atoms with van der Waals surface area (Å²) < 4.78 is 11.5. The first-order chi connectivity index (χ1) is 13.4. The van der Waals surface area contributed by atoms with Crippen molar-refractivity contribution < 1.29 is 28.7 Å². The molecule has 0 aliphatic carbocycles. The third-order valence-electron chi connectivity index (χ3n) is 4.19. The molecule has 3 rings (SSSR count). The van der Waals surface area contributed by atoms with Gasteiger partial charge in [-0.05, 0) is 12.1 Å². The van der Waals surface area contributed by atoms with E-state index in [1.807, 2.05) is 0 Å². The van der Waals surface area contributed by atoms with Gasteiger partial charge >= 0.3 is 11.9 Å². The maximum Gasteiger partial charge on any atom is 0.304 e. The van der Waals surface area contributed by atoms with Gasteiger partial charge in [0.1, 0.15) is 12.4 Å². The Kier molecular flexibility index (Phi) is 5.53. The highest BCUT2D eigenvalue weighted by molar-refractivity contribution is 6.21. The molecule has 2 amide bonds. The number of amides is 2. The Morgan fingerprint density at radius 1 is 1.00 bits per heavy atom. The summed E-state index contributed by atoms with van der Waals surface area (Å²) in [4.78, 5) is 52.5. The lowest BCUT2D eigenvalue weighted by atomic mass is 10.1. The van der Waals surface area contributed by atoms with E-state index < -0.39 is 11.9 Å². The highest BCUT2D eigenvalue weighted by Crippen LogP contribution is 2.22. The van der Waals surface area contributed by atoms with Gasteiger partial charge in [0.25, 0.3) is 11.8 Å². The molecule has 1 aromatic carbocycles. The molecule has 0 spiro atoms. The molecule has 0 saturated carbocycles. The van der Waals surface area contributed by atoms with Crippen molar-refractivity contribution in [3.05, 3.63) is 53.1 Å². The summed E-state index contributed by atoms with van der Waals surface area (Å²) in [7, 11) is 0. The number of esters is 2. The molecule has 2 heterocycles. The molecule has 0 unspecified atom stereocenters. The highest BCUT2D eigenvalue weighted by Gasteiger charge is 2.34. The number of benzene rings is 1. The second-order valence-corrected chi connectivity index (χ2v) is 6.22. The van der Waals surface area contributed by atoms with Crippen LogP contribution in [-0.2, 0) is 38.8 Å². The Hall–Kier alpha value is -3.49. The molecule has 9 heteroatoms. The number of imidazole rings is 1. The van der Waals surface area contributed by atoms with Crippen LogP contribution in [0.5, 0.6) is 0 Å². The van der Waals surface area contributed by atoms with E-state index in [2.05, 4.69) is 4.98 Å². The van der Waals surface area contributed by atoms with Crippen molar-refractivity contribution in [2.45, 2.75) is 33.6 Å². The van der Waals surface area contributed by atoms with Gasteiger partial charge in [-0.25, -0.2) is 4.98 Å². The van der Waals surface area contributed by atoms with E-state index in [0.717, 1.165) is 0 Å². The Morgan fingerprint density at radius 3 is 2.18 bits per heavy atom. The van der Waals surface area contributed by atoms with E-state index in [1.54, 1.807) is 35.0 Å². The Morgan fingerprint density at radius 2 is 1.61 bits per heavy atom. The number of ether oxygens (including phenoxy) is 2. The first-order valence-electron chi connectivity index (χ1n) is 8.63. The van der Waals surface area contributed by atoms with Crippen molar-refractivity contribution in [1.82, 2.24) is 14.5 Å². The molecule has 0 fully saturated rings. The average Bonchev–Trinajstić information content (AvgIpc) is 3.16. The van der Waals surface area contributed by atoms with Gasteiger partial charge < -0.3 is 9.47 Å². The first kappa shape index (κ1) is 19.3. The third-order valence-corrected chi connectivity index (χ3v) is 4.19. The molecule has 0 bridgehead atoms. The van der Waals surface area contributed by atoms with Crippen LogP contribution in [0.15, 0.2) is 30.5 Å². The molecule has 2 aromatic rings. The summed E-state index contributed by atoms with van der Waals surface area (Å²) in [5, 5.41) is 0. The number of rotatable bonds is 7. The Labute approximate surface area is 160 Å². The fourth-order valence-electron chi connectivity index (χ4n) is 2.86. The lowest BCUT2D eigenvalue weighted by Gasteiger charge is -2.12. The minimum absolute atomic E-state index is 0.0774. The topological polar surface area (TPSA) is 108 Å². The van der Waals surface area contributed by atoms with Crippen molar-refractivity contribution in [1.29, 1.82) is 0 Å². The molecule has 0 atom stereocenters. The van der Waals surface area contributed by atoms with Crippen LogP contribution in [-0.4, -0.2) is 44.7 Å². The van der Waals surface area contributed by atoms with Crippen molar-refractivity contribution in [3.8, 4) is 0 Å². The normalized spacial score (nSPS) is 12.9. The van der Waals surface area contributed by atoms with Crippen molar-refractivity contribution in [2.24, 2.45) is 0 Å². The molecule has 1 aliphatic rings. The number of hydrogen-bond acceptors (Lipinski definition) is 7. The maximum atomic E-state index is 12.4. The van der Waals surface area contributed by atoms with Gasteiger partial charge in [-0.3, -0.25) is 28.6 Å². The summed E-state index contributed by atoms with van der Waals surface area (Å²) in [6.45, 7) is 2.56. The molecule has 0 saturated heterocycles. The van der Waals surface area contributed by atoms with Gasteiger partial charge in [0, 0.05) is 33.0 Å². The highest BCUT2D eigenvalue weighted by atomic mass is 16.5. The molecule has 0 N–H and O–H groups in total. The van der Waals surface area contributed by atoms with Gasteiger partial charge in [0.05, 0.1) is 16.8 Å². The van der Waals surface area contributed by atoms with Crippen LogP contribution in [0, 0.1) is 0 Å². The minimum Gasteiger partial charge on any atom is -0.458 e. The average molecular weight is 385 g/mol. The minimum atomic E-state index is -0.463. The first-order valence-corrected chi connectivity index (χ1v) is 8.63. The lowest BCUT2D eigenvalue weighted by molar-refractivity contribution is -0.146. The van der Waals surface area contributed by atoms with E-state index in [4.69, 9.17) is 9.47 Å². The Balaban J connectivity index is 1.71. The Bertz CT molecular complexity index is 878. The van der Waals surface area contributed by atoms with E-state index in [0.29, 0.717) is 29.1 Å². The number of imide groups is 1. The molecule has 146 valence electrons. The smallest absolute Gasteiger partial charge is 0.304 e. The molecule has 28 heavy (non-hydrogen) atoms. The molecule has 0 radical (unpaired) electrons. The van der Waals surface area contributed by atoms with E-state index >= 15 is 0 Å². The molecular formula is C19H19N3O6. The molecular weight excluding hydrogens is 366 g/mol. The maximum absolute atomic E-state index is 12.4. The zero-order chi connectivity index (χ0) is 20.3. The van der Waals surface area contributed by atoms with Crippen LogP contribution < -0.4 is 0 Å². The fourth-order valence-corrected chi connectivity index (χ4v) is 2.86. The quantitative estimate of drug-likeness (QED) is 0.522. The van der Waals surface area contributed by atoms with Crippen LogP contribution in [0.1, 0.15) is 46.1 Å². The number of fused-ring (bicyclic) bond motifs is 1. The number of hydrogen-bond donors (Lipinski definition) is 0. The van der Waals surface area contributed by atoms with Crippen LogP contribution in [0.3, 0.4) is 0 Å². The van der Waals surface area contributed by atoms with E-state index in [9.17, 15) is 19.2 Å². The predicted molar refractivity (Wildman–Crippen MR) is 95.0 cm³/mol. The lowest BCUT2D eigenvalue weighted by Crippen LogP contribution is -2.31. The van der Waals surface area contributed by atoms with Gasteiger partial charge in [-0.2, -0.15) is 0 Å². The summed E-state index contributed by atoms with van der Waals surface area (Å²) in [5.74, 6) is -1.19. The summed E-state index contributed by atoms with van der Waals surface area (Å²) in [5.41, 5.74) is 1.36. The third kappa shape index (κ3) is 4.08. The van der Waals surface area contributed by atoms with Gasteiger partial charge in [0.2, 0.25) is 0 Å². The van der Waals surface area contributed by atoms with Crippen molar-refractivity contribution >= 4 is 23.8 Å². The van der Waals surface area contributed by atoms with Gasteiger partial charge in [-0.15, -0.1) is 0 Å². The summed E-state index contributed by atoms with van der Waals surface area (Å²) >= 11 is 0. The summed E-state index contributed by atoms with van der Waals surface area (Å²) in [6, 6.07) is 6.68. The number of carbonyl (C=O) groups is 4. The van der Waals surface area contributed by atoms with E-state index in [-0.39, 0.29) is 31.7 Å². The molecule has 1 aromatic heterocycles. The summed E-state index contributed by atoms with van der Waals surface area (Å²) in [6.07, 6.45) is 1.95. The second kappa shape index (κ2) is 8.03. The van der Waals surface area contributed by atoms with Crippen molar-refractivity contribution in [3.63, 3.8) is 0 Å². The van der Waals surface area contributed by atoms with Crippen LogP contribution in [0.2, 0.25) is 0 Å². The van der Waals surface area contributed by atoms with Gasteiger partial charge in [0.15, 0.2) is 6.73 Å². The zero-order valence-corrected chi connectivity index (χ0v) is 15.5. The van der Waals surface area contributed by atoms with Gasteiger partial charge in [-0.1, -0.05) is 12.1 Å². The van der Waals surface area contributed by atoms with E-state index in [1.165, 1.54) is 18.7 Å². The SMILES string of the molecule is CC(=O)OCc1nc(CCN2C(=O)c3ccccc3C2=O)cn1COC(C)=O. The second-order valence-electron chi connectivity index (χ2n) is 6.22. The van der Waals surface area contributed by atoms with Crippen LogP contribution >= 0.6 is 0 Å². The number of carbonyl (C=O) groups excluding carboxylic acids is 4. The standard InChI is InChI=1S/C19H19N3O6/c1-12(23)27-10-17-20-14(9-21(17)11-28-13(2)24)7-8-22-18(25)15-5-3-4-6-16(15)19(22)26/h3-6,9H,7-8,10-11H2,1-2H3. The predicted octanol–water partition coefficient (Wildman–Crippen LogP) is 1.31.